The average Bonchev–Trinajstić information content (AvgIpc) is 3.47. The van der Waals surface area contributed by atoms with Crippen LogP contribution in [0.2, 0.25) is 0 Å². The Morgan fingerprint density at radius 3 is 2.59 bits per heavy atom. The van der Waals surface area contributed by atoms with Crippen molar-refractivity contribution in [2.24, 2.45) is 0 Å². The van der Waals surface area contributed by atoms with E-state index in [4.69, 9.17) is 4.74 Å². The summed E-state index contributed by atoms with van der Waals surface area (Å²) in [5, 5.41) is 12.9. The summed E-state index contributed by atoms with van der Waals surface area (Å²) >= 11 is 0. The molecule has 2 N–H and O–H groups in total. The number of aromatic nitrogens is 2. The summed E-state index contributed by atoms with van der Waals surface area (Å²) in [6.07, 6.45) is 7.42. The molecule has 2 aliphatic rings. The van der Waals surface area contributed by atoms with Crippen molar-refractivity contribution in [3.05, 3.63) is 23.9 Å². The molecule has 0 radical (unpaired) electrons. The highest BCUT2D eigenvalue weighted by molar-refractivity contribution is 5.91. The van der Waals surface area contributed by atoms with E-state index in [9.17, 15) is 9.90 Å². The number of amides is 2. The van der Waals surface area contributed by atoms with Crippen LogP contribution >= 0.6 is 0 Å². The van der Waals surface area contributed by atoms with Gasteiger partial charge >= 0.3 is 6.03 Å². The fourth-order valence-electron chi connectivity index (χ4n) is 4.39. The molecule has 1 aliphatic heterocycles. The minimum Gasteiger partial charge on any atom is -0.494 e. The number of ether oxygens (including phenoxy) is 1. The summed E-state index contributed by atoms with van der Waals surface area (Å²) in [5.74, 6) is 1.07. The molecule has 29 heavy (non-hydrogen) atoms. The predicted molar refractivity (Wildman–Crippen MR) is 112 cm³/mol. The lowest BCUT2D eigenvalue weighted by molar-refractivity contribution is 0.00569. The van der Waals surface area contributed by atoms with E-state index in [2.05, 4.69) is 28.3 Å². The molecular formula is C22H30N4O3. The van der Waals surface area contributed by atoms with Gasteiger partial charge in [0, 0.05) is 13.1 Å². The molecule has 7 heteroatoms. The zero-order valence-electron chi connectivity index (χ0n) is 17.5. The van der Waals surface area contributed by atoms with E-state index >= 15 is 0 Å². The molecule has 0 unspecified atom stereocenters. The second-order valence-corrected chi connectivity index (χ2v) is 8.71. The number of benzene rings is 1. The number of fused-ring (bicyclic) bond motifs is 1. The average molecular weight is 399 g/mol. The van der Waals surface area contributed by atoms with E-state index in [1.807, 2.05) is 13.0 Å². The Morgan fingerprint density at radius 1 is 1.24 bits per heavy atom. The third-order valence-electron chi connectivity index (χ3n) is 6.40. The number of carbonyl (C=O) groups excluding carboxylic acids is 1. The van der Waals surface area contributed by atoms with Gasteiger partial charge in [-0.2, -0.15) is 0 Å². The van der Waals surface area contributed by atoms with Crippen LogP contribution in [0.25, 0.3) is 11.0 Å². The Bertz CT molecular complexity index is 914. The molecule has 2 heterocycles. The maximum atomic E-state index is 12.6. The largest absolute Gasteiger partial charge is 0.494 e. The van der Waals surface area contributed by atoms with Crippen LogP contribution in [0.5, 0.6) is 5.75 Å². The van der Waals surface area contributed by atoms with Crippen LogP contribution in [0.3, 0.4) is 0 Å². The summed E-state index contributed by atoms with van der Waals surface area (Å²) in [6, 6.07) is 3.87. The minimum atomic E-state index is -0.694. The third kappa shape index (κ3) is 3.88. The van der Waals surface area contributed by atoms with Gasteiger partial charge in [-0.3, -0.25) is 10.3 Å². The van der Waals surface area contributed by atoms with Crippen LogP contribution in [0.15, 0.2) is 18.3 Å². The van der Waals surface area contributed by atoms with E-state index < -0.39 is 5.60 Å². The first-order valence-electron chi connectivity index (χ1n) is 10.5. The fraction of sp³-hybridized carbons (Fsp3) is 0.591. The second kappa shape index (κ2) is 7.44. The van der Waals surface area contributed by atoms with Crippen molar-refractivity contribution in [1.29, 1.82) is 0 Å². The van der Waals surface area contributed by atoms with E-state index in [0.29, 0.717) is 43.0 Å². The highest BCUT2D eigenvalue weighted by Gasteiger charge is 2.44. The molecule has 1 saturated heterocycles. The Balaban J connectivity index is 1.60. The van der Waals surface area contributed by atoms with Crippen molar-refractivity contribution in [3.63, 3.8) is 0 Å². The lowest BCUT2D eigenvalue weighted by atomic mass is 9.90. The first-order chi connectivity index (χ1) is 13.9. The van der Waals surface area contributed by atoms with Crippen LogP contribution in [-0.4, -0.2) is 51.8 Å². The van der Waals surface area contributed by atoms with Gasteiger partial charge in [0.25, 0.3) is 0 Å². The molecule has 1 aliphatic carbocycles. The zero-order valence-corrected chi connectivity index (χ0v) is 17.5. The maximum Gasteiger partial charge on any atom is 0.323 e. The van der Waals surface area contributed by atoms with E-state index in [1.165, 1.54) is 18.4 Å². The standard InChI is InChI=1S/C22H30N4O3/c1-4-7-22(8-9-22)15-5-6-16(29-3)19-18(15)23-14-17(24-19)25-20(27)26-12-10-21(2,28)11-13-26/h5-6,14,28H,4,7-13H2,1-3H3,(H,24,25,27). The van der Waals surface area contributed by atoms with E-state index in [-0.39, 0.29) is 11.4 Å². The molecular weight excluding hydrogens is 368 g/mol. The first-order valence-corrected chi connectivity index (χ1v) is 10.5. The molecule has 2 amide bonds. The maximum absolute atomic E-state index is 12.6. The van der Waals surface area contributed by atoms with Crippen LogP contribution < -0.4 is 10.1 Å². The number of piperidine rings is 1. The lowest BCUT2D eigenvalue weighted by Gasteiger charge is -2.35. The summed E-state index contributed by atoms with van der Waals surface area (Å²) in [7, 11) is 1.62. The van der Waals surface area contributed by atoms with Gasteiger partial charge in [0.15, 0.2) is 5.82 Å². The number of carbonyl (C=O) groups is 1. The number of hydrogen-bond donors (Lipinski definition) is 2. The quantitative estimate of drug-likeness (QED) is 0.799. The molecule has 4 rings (SSSR count). The molecule has 0 bridgehead atoms. The number of urea groups is 1. The molecule has 2 aromatic rings. The van der Waals surface area contributed by atoms with Crippen molar-refractivity contribution in [2.45, 2.75) is 63.4 Å². The van der Waals surface area contributed by atoms with Crippen LogP contribution in [0.4, 0.5) is 10.6 Å². The number of anilines is 1. The topological polar surface area (TPSA) is 87.6 Å². The Kier molecular flexibility index (Phi) is 5.11. The van der Waals surface area contributed by atoms with Gasteiger partial charge in [-0.25, -0.2) is 9.78 Å². The zero-order chi connectivity index (χ0) is 20.6. The van der Waals surface area contributed by atoms with Gasteiger partial charge in [0.1, 0.15) is 11.3 Å². The van der Waals surface area contributed by atoms with Crippen molar-refractivity contribution >= 4 is 22.9 Å². The predicted octanol–water partition coefficient (Wildman–Crippen LogP) is 3.85. The van der Waals surface area contributed by atoms with Crippen LogP contribution in [0.1, 0.15) is 57.9 Å². The molecule has 2 fully saturated rings. The lowest BCUT2D eigenvalue weighted by Crippen LogP contribution is -2.46. The molecule has 156 valence electrons. The van der Waals surface area contributed by atoms with Crippen LogP contribution in [-0.2, 0) is 5.41 Å². The van der Waals surface area contributed by atoms with Gasteiger partial charge in [-0.1, -0.05) is 19.4 Å². The van der Waals surface area contributed by atoms with Gasteiger partial charge in [-0.15, -0.1) is 0 Å². The molecule has 1 saturated carbocycles. The Hall–Kier alpha value is -2.41. The van der Waals surface area contributed by atoms with E-state index in [0.717, 1.165) is 18.4 Å². The molecule has 0 atom stereocenters. The number of methoxy groups -OCH3 is 1. The number of nitrogens with one attached hydrogen (secondary N) is 1. The summed E-state index contributed by atoms with van der Waals surface area (Å²) in [4.78, 5) is 23.7. The number of rotatable bonds is 5. The molecule has 0 spiro atoms. The highest BCUT2D eigenvalue weighted by atomic mass is 16.5. The molecule has 7 nitrogen and oxygen atoms in total. The van der Waals surface area contributed by atoms with Crippen molar-refractivity contribution in [2.75, 3.05) is 25.5 Å². The van der Waals surface area contributed by atoms with Crippen LogP contribution in [0, 0.1) is 0 Å². The minimum absolute atomic E-state index is 0.212. The van der Waals surface area contributed by atoms with Crippen molar-refractivity contribution in [3.8, 4) is 5.75 Å². The summed E-state index contributed by atoms with van der Waals surface area (Å²) in [6.45, 7) is 5.07. The number of likely N-dealkylation sites (tertiary alicyclic amines) is 1. The van der Waals surface area contributed by atoms with E-state index in [1.54, 1.807) is 18.2 Å². The highest BCUT2D eigenvalue weighted by Crippen LogP contribution is 2.53. The molecule has 1 aromatic carbocycles. The smallest absolute Gasteiger partial charge is 0.323 e. The van der Waals surface area contributed by atoms with Gasteiger partial charge in [-0.05, 0) is 56.1 Å². The normalized spacial score (nSPS) is 19.8. The Labute approximate surface area is 171 Å². The van der Waals surface area contributed by atoms with Gasteiger partial charge in [0.2, 0.25) is 0 Å². The van der Waals surface area contributed by atoms with Gasteiger partial charge < -0.3 is 14.7 Å². The van der Waals surface area contributed by atoms with Crippen molar-refractivity contribution < 1.29 is 14.6 Å². The fourth-order valence-corrected chi connectivity index (χ4v) is 4.39. The monoisotopic (exact) mass is 398 g/mol. The third-order valence-corrected chi connectivity index (χ3v) is 6.40. The first kappa shape index (κ1) is 19.9. The summed E-state index contributed by atoms with van der Waals surface area (Å²) < 4.78 is 5.52. The number of aliphatic hydroxyl groups is 1. The number of hydrogen-bond acceptors (Lipinski definition) is 5. The van der Waals surface area contributed by atoms with Gasteiger partial charge in [0.05, 0.1) is 24.4 Å². The SMILES string of the molecule is CCCC1(c2ccc(OC)c3nc(NC(=O)N4CCC(C)(O)CC4)cnc23)CC1. The summed E-state index contributed by atoms with van der Waals surface area (Å²) in [5.41, 5.74) is 2.30. The second-order valence-electron chi connectivity index (χ2n) is 8.71. The number of nitrogens with zero attached hydrogens (tertiary/aromatic N) is 3. The van der Waals surface area contributed by atoms with Crippen molar-refractivity contribution in [1.82, 2.24) is 14.9 Å². The Morgan fingerprint density at radius 2 is 1.97 bits per heavy atom. The molecule has 1 aromatic heterocycles.